The fourth-order valence-electron chi connectivity index (χ4n) is 4.04. The second-order valence-corrected chi connectivity index (χ2v) is 12.6. The van der Waals surface area contributed by atoms with Gasteiger partial charge in [-0.2, -0.15) is 0 Å². The second kappa shape index (κ2) is 10.2. The predicted molar refractivity (Wildman–Crippen MR) is 135 cm³/mol. The van der Waals surface area contributed by atoms with E-state index in [0.29, 0.717) is 17.0 Å². The maximum atomic E-state index is 12.7. The average molecular weight is 475 g/mol. The van der Waals surface area contributed by atoms with E-state index in [1.54, 1.807) is 48.5 Å². The third-order valence-corrected chi connectivity index (χ3v) is 6.00. The summed E-state index contributed by atoms with van der Waals surface area (Å²) in [6, 6.07) is 14.0. The van der Waals surface area contributed by atoms with E-state index in [0.717, 1.165) is 12.0 Å². The van der Waals surface area contributed by atoms with Gasteiger partial charge in [-0.25, -0.2) is 8.42 Å². The Morgan fingerprint density at radius 2 is 1.52 bits per heavy atom. The van der Waals surface area contributed by atoms with E-state index in [1.165, 1.54) is 10.6 Å². The van der Waals surface area contributed by atoms with Gasteiger partial charge in [0.2, 0.25) is 10.0 Å². The van der Waals surface area contributed by atoms with Crippen molar-refractivity contribution in [3.8, 4) is 5.75 Å². The number of hydrogen-bond donors (Lipinski definition) is 1. The van der Waals surface area contributed by atoms with Gasteiger partial charge in [-0.05, 0) is 81.5 Å². The number of sulfonamides is 1. The standard InChI is InChI=1S/C26H38N2O4S/c1-19(2)32-23-15-13-22(14-16-23)28(33(8,30)31)17-20-9-11-21(12-10-20)24(29)27-26(6,7)18-25(3,4)5/h9-16,19H,17-18H2,1-8H3,(H,27,29). The lowest BCUT2D eigenvalue weighted by molar-refractivity contribution is 0.0891. The van der Waals surface area contributed by atoms with Crippen LogP contribution in [0.3, 0.4) is 0 Å². The molecule has 1 amide bonds. The Balaban J connectivity index is 2.15. The van der Waals surface area contributed by atoms with Crippen molar-refractivity contribution in [3.05, 3.63) is 59.7 Å². The van der Waals surface area contributed by atoms with Crippen LogP contribution in [0.4, 0.5) is 5.69 Å². The van der Waals surface area contributed by atoms with Crippen molar-refractivity contribution >= 4 is 21.6 Å². The summed E-state index contributed by atoms with van der Waals surface area (Å²) in [5.74, 6) is 0.545. The number of amides is 1. The van der Waals surface area contributed by atoms with Crippen molar-refractivity contribution in [1.82, 2.24) is 5.32 Å². The van der Waals surface area contributed by atoms with Gasteiger partial charge in [0.25, 0.3) is 5.91 Å². The Kier molecular flexibility index (Phi) is 8.22. The van der Waals surface area contributed by atoms with Crippen LogP contribution in [0.25, 0.3) is 0 Å². The lowest BCUT2D eigenvalue weighted by Gasteiger charge is -2.33. The van der Waals surface area contributed by atoms with Crippen LogP contribution < -0.4 is 14.4 Å². The minimum Gasteiger partial charge on any atom is -0.491 e. The van der Waals surface area contributed by atoms with Crippen molar-refractivity contribution < 1.29 is 17.9 Å². The Labute approximate surface area is 199 Å². The SMILES string of the molecule is CC(C)Oc1ccc(N(Cc2ccc(C(=O)NC(C)(C)CC(C)(C)C)cc2)S(C)(=O)=O)cc1. The van der Waals surface area contributed by atoms with Crippen molar-refractivity contribution in [2.45, 2.75) is 73.1 Å². The minimum atomic E-state index is -3.51. The molecule has 0 atom stereocenters. The molecule has 0 bridgehead atoms. The van der Waals surface area contributed by atoms with E-state index in [2.05, 4.69) is 26.1 Å². The summed E-state index contributed by atoms with van der Waals surface area (Å²) < 4.78 is 31.9. The number of hydrogen-bond acceptors (Lipinski definition) is 4. The van der Waals surface area contributed by atoms with Gasteiger partial charge >= 0.3 is 0 Å². The van der Waals surface area contributed by atoms with E-state index in [1.807, 2.05) is 27.7 Å². The topological polar surface area (TPSA) is 75.7 Å². The monoisotopic (exact) mass is 474 g/mol. The number of rotatable bonds is 9. The summed E-state index contributed by atoms with van der Waals surface area (Å²) in [6.07, 6.45) is 2.07. The van der Waals surface area contributed by atoms with E-state index >= 15 is 0 Å². The van der Waals surface area contributed by atoms with Gasteiger partial charge in [0.05, 0.1) is 24.6 Å². The highest BCUT2D eigenvalue weighted by atomic mass is 32.2. The van der Waals surface area contributed by atoms with Gasteiger partial charge in [0.15, 0.2) is 0 Å². The van der Waals surface area contributed by atoms with Crippen LogP contribution in [-0.2, 0) is 16.6 Å². The molecule has 0 saturated carbocycles. The number of ether oxygens (including phenoxy) is 1. The first-order valence-corrected chi connectivity index (χ1v) is 13.1. The van der Waals surface area contributed by atoms with E-state index in [9.17, 15) is 13.2 Å². The highest BCUT2D eigenvalue weighted by molar-refractivity contribution is 7.92. The molecular weight excluding hydrogens is 436 g/mol. The number of nitrogens with zero attached hydrogens (tertiary/aromatic N) is 1. The van der Waals surface area contributed by atoms with Crippen LogP contribution in [0.15, 0.2) is 48.5 Å². The molecule has 1 N–H and O–H groups in total. The van der Waals surface area contributed by atoms with Gasteiger partial charge in [-0.1, -0.05) is 32.9 Å². The molecule has 0 radical (unpaired) electrons. The number of carbonyl (C=O) groups is 1. The zero-order chi connectivity index (χ0) is 25.0. The zero-order valence-electron chi connectivity index (χ0n) is 21.1. The first-order chi connectivity index (χ1) is 15.1. The molecule has 2 aromatic carbocycles. The van der Waals surface area contributed by atoms with Crippen molar-refractivity contribution in [2.24, 2.45) is 5.41 Å². The van der Waals surface area contributed by atoms with Gasteiger partial charge in [-0.3, -0.25) is 9.10 Å². The highest BCUT2D eigenvalue weighted by Gasteiger charge is 2.27. The average Bonchev–Trinajstić information content (AvgIpc) is 2.63. The highest BCUT2D eigenvalue weighted by Crippen LogP contribution is 2.27. The summed E-state index contributed by atoms with van der Waals surface area (Å²) in [5.41, 5.74) is 1.64. The van der Waals surface area contributed by atoms with Crippen molar-refractivity contribution in [1.29, 1.82) is 0 Å². The molecular formula is C26H38N2O4S. The molecule has 0 aliphatic carbocycles. The molecule has 182 valence electrons. The third kappa shape index (κ3) is 8.72. The molecule has 0 aromatic heterocycles. The second-order valence-electron chi connectivity index (χ2n) is 10.7. The Morgan fingerprint density at radius 3 is 1.97 bits per heavy atom. The molecule has 0 heterocycles. The number of carbonyl (C=O) groups excluding carboxylic acids is 1. The summed E-state index contributed by atoms with van der Waals surface area (Å²) in [4.78, 5) is 12.7. The van der Waals surface area contributed by atoms with Crippen LogP contribution in [0, 0.1) is 5.41 Å². The molecule has 2 aromatic rings. The fraction of sp³-hybridized carbons (Fsp3) is 0.500. The van der Waals surface area contributed by atoms with Gasteiger partial charge in [0, 0.05) is 11.1 Å². The Morgan fingerprint density at radius 1 is 0.970 bits per heavy atom. The minimum absolute atomic E-state index is 0.0385. The Hall–Kier alpha value is -2.54. The third-order valence-electron chi connectivity index (χ3n) is 4.86. The van der Waals surface area contributed by atoms with Crippen molar-refractivity contribution in [3.63, 3.8) is 0 Å². The van der Waals surface area contributed by atoms with Gasteiger partial charge < -0.3 is 10.1 Å². The molecule has 0 spiro atoms. The maximum Gasteiger partial charge on any atom is 0.251 e. The van der Waals surface area contributed by atoms with Crippen LogP contribution >= 0.6 is 0 Å². The maximum absolute atomic E-state index is 12.7. The summed E-state index contributed by atoms with van der Waals surface area (Å²) in [6.45, 7) is 14.5. The summed E-state index contributed by atoms with van der Waals surface area (Å²) in [5, 5.41) is 3.10. The number of anilines is 1. The van der Waals surface area contributed by atoms with E-state index in [4.69, 9.17) is 4.74 Å². The van der Waals surface area contributed by atoms with Crippen molar-refractivity contribution in [2.75, 3.05) is 10.6 Å². The molecule has 2 rings (SSSR count). The molecule has 7 heteroatoms. The molecule has 0 aliphatic heterocycles. The largest absolute Gasteiger partial charge is 0.491 e. The van der Waals surface area contributed by atoms with Gasteiger partial charge in [0.1, 0.15) is 5.75 Å². The molecule has 33 heavy (non-hydrogen) atoms. The lowest BCUT2D eigenvalue weighted by Crippen LogP contribution is -2.45. The molecule has 0 unspecified atom stereocenters. The van der Waals surface area contributed by atoms with E-state index < -0.39 is 10.0 Å². The molecule has 6 nitrogen and oxygen atoms in total. The van der Waals surface area contributed by atoms with Crippen LogP contribution in [0.2, 0.25) is 0 Å². The summed E-state index contributed by atoms with van der Waals surface area (Å²) in [7, 11) is -3.51. The zero-order valence-corrected chi connectivity index (χ0v) is 21.9. The first kappa shape index (κ1) is 26.7. The Bertz CT molecular complexity index is 1040. The van der Waals surface area contributed by atoms with Crippen LogP contribution in [0.1, 0.15) is 70.8 Å². The summed E-state index contributed by atoms with van der Waals surface area (Å²) >= 11 is 0. The molecule has 0 aliphatic rings. The van der Waals surface area contributed by atoms with Crippen LogP contribution in [-0.4, -0.2) is 32.2 Å². The van der Waals surface area contributed by atoms with Crippen LogP contribution in [0.5, 0.6) is 5.75 Å². The fourth-order valence-corrected chi connectivity index (χ4v) is 4.93. The van der Waals surface area contributed by atoms with Gasteiger partial charge in [-0.15, -0.1) is 0 Å². The first-order valence-electron chi connectivity index (χ1n) is 11.2. The number of nitrogens with one attached hydrogen (secondary N) is 1. The molecule has 0 fully saturated rings. The van der Waals surface area contributed by atoms with E-state index in [-0.39, 0.29) is 29.5 Å². The smallest absolute Gasteiger partial charge is 0.251 e. The lowest BCUT2D eigenvalue weighted by atomic mass is 9.81. The number of benzene rings is 2. The quantitative estimate of drug-likeness (QED) is 0.529. The normalized spacial score (nSPS) is 12.5. The predicted octanol–water partition coefficient (Wildman–Crippen LogP) is 5.38. The molecule has 0 saturated heterocycles.